The van der Waals surface area contributed by atoms with Gasteiger partial charge in [0.25, 0.3) is 0 Å². The van der Waals surface area contributed by atoms with Gasteiger partial charge >= 0.3 is 6.09 Å². The van der Waals surface area contributed by atoms with E-state index in [4.69, 9.17) is 4.74 Å². The molecule has 0 atom stereocenters. The Balaban J connectivity index is 1.97. The summed E-state index contributed by atoms with van der Waals surface area (Å²) in [6.07, 6.45) is 11.2. The Kier molecular flexibility index (Phi) is 2.32. The number of ether oxygens (including phenoxy) is 1. The van der Waals surface area contributed by atoms with Crippen LogP contribution in [0.3, 0.4) is 0 Å². The number of nitrogens with zero attached hydrogens (tertiary/aromatic N) is 1. The van der Waals surface area contributed by atoms with Gasteiger partial charge in [0.15, 0.2) is 0 Å². The van der Waals surface area contributed by atoms with E-state index in [1.165, 1.54) is 24.2 Å². The van der Waals surface area contributed by atoms with Crippen LogP contribution in [0.5, 0.6) is 0 Å². The van der Waals surface area contributed by atoms with E-state index in [1.54, 1.807) is 0 Å². The average Bonchev–Trinajstić information content (AvgIpc) is 2.16. The van der Waals surface area contributed by atoms with Crippen LogP contribution >= 0.6 is 0 Å². The van der Waals surface area contributed by atoms with Crippen LogP contribution in [0.2, 0.25) is 0 Å². The molecule has 1 fully saturated rings. The standard InChI is InChI=1S/C11H15NO2/c1-2-14-10(13)12-8-6-11(7-9-12)4-3-5-11/h6-9H,2-5H2,1H3. The monoisotopic (exact) mass is 193 g/mol. The third-order valence-corrected chi connectivity index (χ3v) is 2.90. The lowest BCUT2D eigenvalue weighted by Crippen LogP contribution is -2.31. The highest BCUT2D eigenvalue weighted by molar-refractivity contribution is 5.70. The van der Waals surface area contributed by atoms with Gasteiger partial charge < -0.3 is 4.74 Å². The molecule has 3 nitrogen and oxygen atoms in total. The summed E-state index contributed by atoms with van der Waals surface area (Å²) in [6, 6.07) is 0. The fraction of sp³-hybridized carbons (Fsp3) is 0.545. The zero-order chi connectivity index (χ0) is 10.0. The van der Waals surface area contributed by atoms with Crippen molar-refractivity contribution in [2.45, 2.75) is 26.2 Å². The maximum Gasteiger partial charge on any atom is 0.417 e. The van der Waals surface area contributed by atoms with Gasteiger partial charge in [-0.15, -0.1) is 0 Å². The van der Waals surface area contributed by atoms with Gasteiger partial charge in [-0.1, -0.05) is 18.6 Å². The molecule has 1 amide bonds. The summed E-state index contributed by atoms with van der Waals surface area (Å²) in [7, 11) is 0. The Morgan fingerprint density at radius 2 is 2.07 bits per heavy atom. The number of hydrogen-bond donors (Lipinski definition) is 0. The number of amides is 1. The molecule has 1 aliphatic carbocycles. The summed E-state index contributed by atoms with van der Waals surface area (Å²) in [4.78, 5) is 12.8. The first-order valence-electron chi connectivity index (χ1n) is 5.10. The first-order chi connectivity index (χ1) is 6.76. The van der Waals surface area contributed by atoms with Gasteiger partial charge in [0.05, 0.1) is 6.61 Å². The number of rotatable bonds is 1. The van der Waals surface area contributed by atoms with Gasteiger partial charge in [0, 0.05) is 17.8 Å². The maximum absolute atomic E-state index is 11.3. The van der Waals surface area contributed by atoms with E-state index < -0.39 is 0 Å². The molecule has 0 aromatic carbocycles. The van der Waals surface area contributed by atoms with Gasteiger partial charge in [-0.3, -0.25) is 4.90 Å². The Bertz CT molecular complexity index is 274. The lowest BCUT2D eigenvalue weighted by atomic mass is 9.68. The predicted octanol–water partition coefficient (Wildman–Crippen LogP) is 2.66. The van der Waals surface area contributed by atoms with Crippen LogP contribution in [0, 0.1) is 5.41 Å². The van der Waals surface area contributed by atoms with Crippen molar-refractivity contribution in [2.75, 3.05) is 6.61 Å². The molecule has 0 saturated heterocycles. The van der Waals surface area contributed by atoms with E-state index in [1.807, 2.05) is 19.3 Å². The summed E-state index contributed by atoms with van der Waals surface area (Å²) in [6.45, 7) is 2.23. The molecular formula is C11H15NO2. The van der Waals surface area contributed by atoms with Gasteiger partial charge in [0.1, 0.15) is 0 Å². The lowest BCUT2D eigenvalue weighted by Gasteiger charge is -2.39. The normalized spacial score (nSPS) is 22.2. The SMILES string of the molecule is CCOC(=O)N1C=CC2(C=C1)CCC2. The second-order valence-corrected chi connectivity index (χ2v) is 3.82. The minimum absolute atomic E-state index is 0.253. The molecule has 0 aromatic rings. The molecule has 1 spiro atoms. The molecule has 1 saturated carbocycles. The summed E-state index contributed by atoms with van der Waals surface area (Å²) in [5, 5.41) is 0. The van der Waals surface area contributed by atoms with Crippen LogP contribution in [0.1, 0.15) is 26.2 Å². The zero-order valence-corrected chi connectivity index (χ0v) is 8.40. The van der Waals surface area contributed by atoms with Crippen LogP contribution in [0.25, 0.3) is 0 Å². The van der Waals surface area contributed by atoms with Crippen molar-refractivity contribution in [1.29, 1.82) is 0 Å². The van der Waals surface area contributed by atoms with Gasteiger partial charge in [-0.05, 0) is 19.8 Å². The van der Waals surface area contributed by atoms with Crippen molar-refractivity contribution in [3.05, 3.63) is 24.6 Å². The highest BCUT2D eigenvalue weighted by Gasteiger charge is 2.34. The Labute approximate surface area is 84.0 Å². The quantitative estimate of drug-likeness (QED) is 0.640. The first kappa shape index (κ1) is 9.31. The summed E-state index contributed by atoms with van der Waals surface area (Å²) >= 11 is 0. The average molecular weight is 193 g/mol. The maximum atomic E-state index is 11.3. The molecule has 0 radical (unpaired) electrons. The van der Waals surface area contributed by atoms with E-state index >= 15 is 0 Å². The highest BCUT2D eigenvalue weighted by atomic mass is 16.5. The molecule has 0 aromatic heterocycles. The van der Waals surface area contributed by atoms with Crippen molar-refractivity contribution in [2.24, 2.45) is 5.41 Å². The summed E-state index contributed by atoms with van der Waals surface area (Å²) in [5.74, 6) is 0. The third kappa shape index (κ3) is 1.54. The second kappa shape index (κ2) is 3.48. The fourth-order valence-corrected chi connectivity index (χ4v) is 1.80. The molecule has 2 rings (SSSR count). The van der Waals surface area contributed by atoms with Gasteiger partial charge in [-0.25, -0.2) is 4.79 Å². The van der Waals surface area contributed by atoms with E-state index in [9.17, 15) is 4.79 Å². The van der Waals surface area contributed by atoms with Crippen molar-refractivity contribution in [3.63, 3.8) is 0 Å². The molecule has 1 heterocycles. The molecule has 14 heavy (non-hydrogen) atoms. The Morgan fingerprint density at radius 3 is 2.50 bits per heavy atom. The van der Waals surface area contributed by atoms with E-state index in [0.717, 1.165) is 0 Å². The lowest BCUT2D eigenvalue weighted by molar-refractivity contribution is 0.131. The molecule has 0 unspecified atom stereocenters. The topological polar surface area (TPSA) is 29.5 Å². The minimum atomic E-state index is -0.297. The zero-order valence-electron chi connectivity index (χ0n) is 8.40. The van der Waals surface area contributed by atoms with Gasteiger partial charge in [-0.2, -0.15) is 0 Å². The van der Waals surface area contributed by atoms with Crippen LogP contribution in [-0.4, -0.2) is 17.6 Å². The number of hydrogen-bond acceptors (Lipinski definition) is 2. The van der Waals surface area contributed by atoms with Crippen LogP contribution in [0.4, 0.5) is 4.79 Å². The summed E-state index contributed by atoms with van der Waals surface area (Å²) < 4.78 is 4.89. The number of allylic oxidation sites excluding steroid dienone is 2. The first-order valence-corrected chi connectivity index (χ1v) is 5.10. The third-order valence-electron chi connectivity index (χ3n) is 2.90. The van der Waals surface area contributed by atoms with Crippen molar-refractivity contribution in [1.82, 2.24) is 4.90 Å². The summed E-state index contributed by atoms with van der Waals surface area (Å²) in [5.41, 5.74) is 0.253. The largest absolute Gasteiger partial charge is 0.449 e. The van der Waals surface area contributed by atoms with Crippen molar-refractivity contribution >= 4 is 6.09 Å². The molecule has 2 aliphatic rings. The van der Waals surface area contributed by atoms with Gasteiger partial charge in [0.2, 0.25) is 0 Å². The minimum Gasteiger partial charge on any atom is -0.449 e. The van der Waals surface area contributed by atoms with Crippen molar-refractivity contribution in [3.8, 4) is 0 Å². The number of carbonyl (C=O) groups is 1. The molecular weight excluding hydrogens is 178 g/mol. The Hall–Kier alpha value is -1.25. The fourth-order valence-electron chi connectivity index (χ4n) is 1.80. The Morgan fingerprint density at radius 1 is 1.43 bits per heavy atom. The molecule has 3 heteroatoms. The molecule has 0 bridgehead atoms. The van der Waals surface area contributed by atoms with E-state index in [-0.39, 0.29) is 11.5 Å². The molecule has 76 valence electrons. The van der Waals surface area contributed by atoms with E-state index in [2.05, 4.69) is 12.2 Å². The smallest absolute Gasteiger partial charge is 0.417 e. The molecule has 1 aliphatic heterocycles. The van der Waals surface area contributed by atoms with Crippen LogP contribution in [0.15, 0.2) is 24.6 Å². The van der Waals surface area contributed by atoms with Crippen LogP contribution in [-0.2, 0) is 4.74 Å². The highest BCUT2D eigenvalue weighted by Crippen LogP contribution is 2.45. The number of carbonyl (C=O) groups excluding carboxylic acids is 1. The van der Waals surface area contributed by atoms with E-state index in [0.29, 0.717) is 6.61 Å². The molecule has 0 N–H and O–H groups in total. The second-order valence-electron chi connectivity index (χ2n) is 3.82. The van der Waals surface area contributed by atoms with Crippen molar-refractivity contribution < 1.29 is 9.53 Å². The predicted molar refractivity (Wildman–Crippen MR) is 53.4 cm³/mol. The van der Waals surface area contributed by atoms with Crippen LogP contribution < -0.4 is 0 Å².